The van der Waals surface area contributed by atoms with Gasteiger partial charge in [-0.2, -0.15) is 13.2 Å². The Morgan fingerprint density at radius 2 is 1.62 bits per heavy atom. The lowest BCUT2D eigenvalue weighted by molar-refractivity contribution is -0.137. The number of aromatic amines is 1. The van der Waals surface area contributed by atoms with Crippen molar-refractivity contribution in [1.82, 2.24) is 4.98 Å². The van der Waals surface area contributed by atoms with E-state index < -0.39 is 11.7 Å². The van der Waals surface area contributed by atoms with Crippen molar-refractivity contribution in [2.75, 3.05) is 7.11 Å². The second-order valence-corrected chi connectivity index (χ2v) is 5.88. The van der Waals surface area contributed by atoms with Gasteiger partial charge in [0.1, 0.15) is 11.5 Å². The molecule has 4 aromatic rings. The number of methoxy groups -OCH3 is 1. The maximum absolute atomic E-state index is 12.7. The van der Waals surface area contributed by atoms with Crippen molar-refractivity contribution < 1.29 is 22.3 Å². The van der Waals surface area contributed by atoms with Gasteiger partial charge in [0.25, 0.3) is 0 Å². The molecule has 0 atom stereocenters. The molecule has 0 aliphatic heterocycles. The Bertz CT molecular complexity index is 1060. The van der Waals surface area contributed by atoms with Crippen LogP contribution in [0.2, 0.25) is 0 Å². The van der Waals surface area contributed by atoms with Crippen LogP contribution in [0.5, 0.6) is 5.75 Å². The zero-order valence-corrected chi connectivity index (χ0v) is 13.7. The zero-order chi connectivity index (χ0) is 18.3. The highest BCUT2D eigenvalue weighted by atomic mass is 19.4. The molecule has 2 aromatic carbocycles. The number of aromatic nitrogens is 1. The van der Waals surface area contributed by atoms with Crippen molar-refractivity contribution in [2.24, 2.45) is 0 Å². The average Bonchev–Trinajstić information content (AvgIpc) is 3.27. The molecule has 1 N–H and O–H groups in total. The molecule has 0 spiro atoms. The number of halogens is 3. The van der Waals surface area contributed by atoms with E-state index in [0.717, 1.165) is 34.5 Å². The third-order valence-corrected chi connectivity index (χ3v) is 4.20. The van der Waals surface area contributed by atoms with Crippen molar-refractivity contribution in [3.05, 3.63) is 66.2 Å². The number of alkyl halides is 3. The van der Waals surface area contributed by atoms with E-state index in [1.807, 2.05) is 24.3 Å². The first-order chi connectivity index (χ1) is 12.4. The molecule has 2 aromatic heterocycles. The SMILES string of the molecule is COc1ccc2cc(-c3ccc(-c4ccc(C(F)(F)F)cc4)o3)[nH]c2c1. The topological polar surface area (TPSA) is 38.2 Å². The molecule has 4 rings (SSSR count). The van der Waals surface area contributed by atoms with Crippen molar-refractivity contribution in [3.8, 4) is 28.5 Å². The van der Waals surface area contributed by atoms with Crippen LogP contribution >= 0.6 is 0 Å². The Balaban J connectivity index is 1.65. The van der Waals surface area contributed by atoms with Crippen LogP contribution in [0, 0.1) is 0 Å². The van der Waals surface area contributed by atoms with Crippen LogP contribution in [0.3, 0.4) is 0 Å². The van der Waals surface area contributed by atoms with E-state index in [-0.39, 0.29) is 0 Å². The molecular weight excluding hydrogens is 343 g/mol. The molecule has 3 nitrogen and oxygen atoms in total. The molecule has 0 aliphatic rings. The fraction of sp³-hybridized carbons (Fsp3) is 0.100. The van der Waals surface area contributed by atoms with Crippen LogP contribution in [-0.2, 0) is 6.18 Å². The fourth-order valence-corrected chi connectivity index (χ4v) is 2.83. The molecule has 0 unspecified atom stereocenters. The maximum Gasteiger partial charge on any atom is 0.416 e. The van der Waals surface area contributed by atoms with Gasteiger partial charge in [-0.15, -0.1) is 0 Å². The van der Waals surface area contributed by atoms with E-state index in [0.29, 0.717) is 17.1 Å². The smallest absolute Gasteiger partial charge is 0.416 e. The largest absolute Gasteiger partial charge is 0.497 e. The summed E-state index contributed by atoms with van der Waals surface area (Å²) in [4.78, 5) is 3.26. The quantitative estimate of drug-likeness (QED) is 0.479. The highest BCUT2D eigenvalue weighted by Crippen LogP contribution is 2.33. The van der Waals surface area contributed by atoms with Crippen LogP contribution in [0.4, 0.5) is 13.2 Å². The summed E-state index contributed by atoms with van der Waals surface area (Å²) < 4.78 is 49.0. The molecule has 6 heteroatoms. The van der Waals surface area contributed by atoms with E-state index in [1.165, 1.54) is 12.1 Å². The number of hydrogen-bond acceptors (Lipinski definition) is 2. The standard InChI is InChI=1S/C20H14F3NO2/c1-25-15-7-4-13-10-17(24-16(13)11-15)19-9-8-18(26-19)12-2-5-14(6-3-12)20(21,22)23/h2-11,24H,1H3. The van der Waals surface area contributed by atoms with Gasteiger partial charge in [-0.1, -0.05) is 12.1 Å². The Morgan fingerprint density at radius 3 is 2.31 bits per heavy atom. The number of fused-ring (bicyclic) bond motifs is 1. The predicted molar refractivity (Wildman–Crippen MR) is 93.0 cm³/mol. The normalized spacial score (nSPS) is 11.8. The number of H-pyrrole nitrogens is 1. The number of rotatable bonds is 3. The minimum Gasteiger partial charge on any atom is -0.497 e. The van der Waals surface area contributed by atoms with E-state index in [4.69, 9.17) is 9.15 Å². The molecule has 0 radical (unpaired) electrons. The predicted octanol–water partition coefficient (Wildman–Crippen LogP) is 6.12. The first-order valence-electron chi connectivity index (χ1n) is 7.89. The summed E-state index contributed by atoms with van der Waals surface area (Å²) in [6.45, 7) is 0. The molecular formula is C20H14F3NO2. The highest BCUT2D eigenvalue weighted by Gasteiger charge is 2.30. The van der Waals surface area contributed by atoms with Crippen molar-refractivity contribution in [1.29, 1.82) is 0 Å². The van der Waals surface area contributed by atoms with Gasteiger partial charge in [0.05, 0.1) is 18.4 Å². The Labute approximate surface area is 147 Å². The van der Waals surface area contributed by atoms with Crippen LogP contribution in [0.15, 0.2) is 65.1 Å². The summed E-state index contributed by atoms with van der Waals surface area (Å²) in [6, 6.07) is 16.1. The average molecular weight is 357 g/mol. The Morgan fingerprint density at radius 1 is 0.885 bits per heavy atom. The van der Waals surface area contributed by atoms with Crippen LogP contribution in [0.25, 0.3) is 33.7 Å². The number of ether oxygens (including phenoxy) is 1. The van der Waals surface area contributed by atoms with Crippen LogP contribution in [0.1, 0.15) is 5.56 Å². The van der Waals surface area contributed by atoms with Gasteiger partial charge in [-0.25, -0.2) is 0 Å². The second kappa shape index (κ2) is 5.98. The maximum atomic E-state index is 12.7. The van der Waals surface area contributed by atoms with Gasteiger partial charge >= 0.3 is 6.18 Å². The summed E-state index contributed by atoms with van der Waals surface area (Å²) in [5.41, 5.74) is 1.60. The first kappa shape index (κ1) is 16.3. The third-order valence-electron chi connectivity index (χ3n) is 4.20. The van der Waals surface area contributed by atoms with Gasteiger partial charge in [-0.05, 0) is 42.5 Å². The number of hydrogen-bond donors (Lipinski definition) is 1. The van der Waals surface area contributed by atoms with Gasteiger partial charge in [-0.3, -0.25) is 0 Å². The third kappa shape index (κ3) is 2.94. The lowest BCUT2D eigenvalue weighted by atomic mass is 10.1. The van der Waals surface area contributed by atoms with E-state index in [1.54, 1.807) is 19.2 Å². The van der Waals surface area contributed by atoms with Crippen LogP contribution < -0.4 is 4.74 Å². The van der Waals surface area contributed by atoms with Gasteiger partial charge in [0, 0.05) is 22.5 Å². The van der Waals surface area contributed by atoms with Gasteiger partial charge < -0.3 is 14.1 Å². The molecule has 0 fully saturated rings. The van der Waals surface area contributed by atoms with E-state index in [9.17, 15) is 13.2 Å². The first-order valence-corrected chi connectivity index (χ1v) is 7.89. The van der Waals surface area contributed by atoms with E-state index >= 15 is 0 Å². The number of benzene rings is 2. The lowest BCUT2D eigenvalue weighted by Gasteiger charge is -2.06. The molecule has 132 valence electrons. The van der Waals surface area contributed by atoms with Crippen molar-refractivity contribution in [2.45, 2.75) is 6.18 Å². The molecule has 0 saturated carbocycles. The fourth-order valence-electron chi connectivity index (χ4n) is 2.83. The molecule has 26 heavy (non-hydrogen) atoms. The Kier molecular flexibility index (Phi) is 3.76. The molecule has 2 heterocycles. The minimum atomic E-state index is -4.35. The summed E-state index contributed by atoms with van der Waals surface area (Å²) >= 11 is 0. The Hall–Kier alpha value is -3.15. The van der Waals surface area contributed by atoms with Gasteiger partial charge in [0.15, 0.2) is 5.76 Å². The van der Waals surface area contributed by atoms with E-state index in [2.05, 4.69) is 4.98 Å². The summed E-state index contributed by atoms with van der Waals surface area (Å²) in [5.74, 6) is 1.86. The number of furan rings is 1. The van der Waals surface area contributed by atoms with Crippen LogP contribution in [-0.4, -0.2) is 12.1 Å². The monoisotopic (exact) mass is 357 g/mol. The molecule has 0 aliphatic carbocycles. The number of nitrogens with one attached hydrogen (secondary N) is 1. The second-order valence-electron chi connectivity index (χ2n) is 5.88. The van der Waals surface area contributed by atoms with Crippen molar-refractivity contribution >= 4 is 10.9 Å². The lowest BCUT2D eigenvalue weighted by Crippen LogP contribution is -2.03. The zero-order valence-electron chi connectivity index (χ0n) is 13.7. The highest BCUT2D eigenvalue weighted by molar-refractivity contribution is 5.86. The molecule has 0 saturated heterocycles. The summed E-state index contributed by atoms with van der Waals surface area (Å²) in [5, 5.41) is 1.01. The summed E-state index contributed by atoms with van der Waals surface area (Å²) in [7, 11) is 1.61. The summed E-state index contributed by atoms with van der Waals surface area (Å²) in [6.07, 6.45) is -4.35. The molecule has 0 amide bonds. The van der Waals surface area contributed by atoms with Gasteiger partial charge in [0.2, 0.25) is 0 Å². The minimum absolute atomic E-state index is 0.505. The van der Waals surface area contributed by atoms with Crippen molar-refractivity contribution in [3.63, 3.8) is 0 Å². The molecule has 0 bridgehead atoms.